The molecule has 14 heteroatoms. The number of hydrogen-bond donors (Lipinski definition) is 3. The molecule has 1 aliphatic rings. The summed E-state index contributed by atoms with van der Waals surface area (Å²) in [7, 11) is 3.96. The van der Waals surface area contributed by atoms with E-state index in [0.717, 1.165) is 0 Å². The molecule has 0 fully saturated rings. The smallest absolute Gasteiger partial charge is 0.337 e. The van der Waals surface area contributed by atoms with Crippen molar-refractivity contribution in [2.45, 2.75) is 13.0 Å². The highest BCUT2D eigenvalue weighted by Crippen LogP contribution is 2.34. The number of carbonyl (C=O) groups is 3. The molecule has 1 aliphatic heterocycles. The van der Waals surface area contributed by atoms with Crippen molar-refractivity contribution in [3.05, 3.63) is 68.9 Å². The molecule has 3 N–H and O–H groups in total. The van der Waals surface area contributed by atoms with Gasteiger partial charge in [-0.2, -0.15) is 5.10 Å². The predicted molar refractivity (Wildman–Crippen MR) is 133 cm³/mol. The minimum Gasteiger partial charge on any atom is -0.493 e. The van der Waals surface area contributed by atoms with Gasteiger partial charge < -0.3 is 29.6 Å². The first-order valence-electron chi connectivity index (χ1n) is 11.0. The highest BCUT2D eigenvalue weighted by Gasteiger charge is 2.32. The Morgan fingerprint density at radius 1 is 1.11 bits per heavy atom. The van der Waals surface area contributed by atoms with E-state index in [2.05, 4.69) is 21.2 Å². The number of nitrogens with zero attached hydrogens (tertiary/aromatic N) is 2. The van der Waals surface area contributed by atoms with Crippen molar-refractivity contribution < 1.29 is 38.3 Å². The topological polar surface area (TPSA) is 180 Å². The quantitative estimate of drug-likeness (QED) is 0.180. The van der Waals surface area contributed by atoms with E-state index >= 15 is 0 Å². The van der Waals surface area contributed by atoms with Crippen LogP contribution < -0.4 is 30.3 Å². The molecule has 38 heavy (non-hydrogen) atoms. The number of benzene rings is 2. The number of methoxy groups -OCH3 is 3. The summed E-state index contributed by atoms with van der Waals surface area (Å²) < 4.78 is 20.7. The lowest BCUT2D eigenvalue weighted by Crippen LogP contribution is -2.45. The molecule has 0 saturated heterocycles. The van der Waals surface area contributed by atoms with Gasteiger partial charge in [0.1, 0.15) is 0 Å². The maximum absolute atomic E-state index is 12.3. The number of carbonyl (C=O) groups excluding carboxylic acids is 3. The lowest BCUT2D eigenvalue weighted by molar-refractivity contribution is -0.385. The van der Waals surface area contributed by atoms with Gasteiger partial charge in [0, 0.05) is 17.3 Å². The van der Waals surface area contributed by atoms with Crippen LogP contribution in [-0.2, 0) is 14.3 Å². The monoisotopic (exact) mass is 527 g/mol. The molecule has 0 radical (unpaired) electrons. The molecule has 1 atom stereocenters. The first-order valence-corrected chi connectivity index (χ1v) is 11.0. The number of hydrazone groups is 1. The van der Waals surface area contributed by atoms with Crippen molar-refractivity contribution in [3.63, 3.8) is 0 Å². The van der Waals surface area contributed by atoms with Gasteiger partial charge in [-0.05, 0) is 36.8 Å². The molecule has 0 unspecified atom stereocenters. The van der Waals surface area contributed by atoms with Gasteiger partial charge in [-0.1, -0.05) is 6.07 Å². The van der Waals surface area contributed by atoms with E-state index in [1.807, 2.05) is 0 Å². The number of amides is 3. The largest absolute Gasteiger partial charge is 0.493 e. The Kier molecular flexibility index (Phi) is 8.82. The van der Waals surface area contributed by atoms with Crippen LogP contribution in [0.1, 0.15) is 24.1 Å². The Balaban J connectivity index is 1.67. The first-order chi connectivity index (χ1) is 18.2. The van der Waals surface area contributed by atoms with Crippen molar-refractivity contribution in [2.24, 2.45) is 5.10 Å². The Morgan fingerprint density at radius 3 is 2.47 bits per heavy atom. The Labute approximate surface area is 216 Å². The maximum atomic E-state index is 12.3. The minimum absolute atomic E-state index is 0.0970. The van der Waals surface area contributed by atoms with Crippen LogP contribution in [0.2, 0.25) is 0 Å². The second kappa shape index (κ2) is 12.2. The van der Waals surface area contributed by atoms with E-state index in [1.165, 1.54) is 51.8 Å². The third kappa shape index (κ3) is 6.34. The fourth-order valence-corrected chi connectivity index (χ4v) is 3.59. The van der Waals surface area contributed by atoms with Crippen LogP contribution in [0.5, 0.6) is 17.2 Å². The molecule has 14 nitrogen and oxygen atoms in total. The molecular weight excluding hydrogens is 502 g/mol. The Hall–Kier alpha value is -5.14. The van der Waals surface area contributed by atoms with Gasteiger partial charge in [0.2, 0.25) is 0 Å². The molecule has 3 rings (SSSR count). The van der Waals surface area contributed by atoms with Crippen LogP contribution >= 0.6 is 0 Å². The molecule has 0 aromatic heterocycles. The standard InChI is InChI=1S/C24H25N5O9/c1-13-21(23(31)37-4)22(27-24(32)26-13)15-6-8-18(19(10-15)36-3)38-12-20(30)28-25-11-14-5-7-17(35-2)16(9-14)29(33)34/h5-11,22H,12H2,1-4H3,(H,28,30)(H2,26,27,32)/b25-11-/t22-/m1/s1. The van der Waals surface area contributed by atoms with Crippen molar-refractivity contribution in [3.8, 4) is 17.2 Å². The van der Waals surface area contributed by atoms with Crippen LogP contribution in [0.3, 0.4) is 0 Å². The van der Waals surface area contributed by atoms with Gasteiger partial charge >= 0.3 is 17.7 Å². The van der Waals surface area contributed by atoms with Gasteiger partial charge in [0.05, 0.1) is 44.1 Å². The summed E-state index contributed by atoms with van der Waals surface area (Å²) in [5.41, 5.74) is 3.49. The van der Waals surface area contributed by atoms with Crippen molar-refractivity contribution in [1.29, 1.82) is 0 Å². The number of allylic oxidation sites excluding steroid dienone is 1. The van der Waals surface area contributed by atoms with Crippen LogP contribution in [0.25, 0.3) is 0 Å². The van der Waals surface area contributed by atoms with E-state index in [9.17, 15) is 24.5 Å². The van der Waals surface area contributed by atoms with Gasteiger partial charge in [-0.3, -0.25) is 14.9 Å². The zero-order valence-electron chi connectivity index (χ0n) is 20.9. The Bertz CT molecular complexity index is 1320. The van der Waals surface area contributed by atoms with Gasteiger partial charge in [0.15, 0.2) is 23.9 Å². The lowest BCUT2D eigenvalue weighted by atomic mass is 9.95. The molecular formula is C24H25N5O9. The number of nitro groups is 1. The fraction of sp³-hybridized carbons (Fsp3) is 0.250. The van der Waals surface area contributed by atoms with Crippen molar-refractivity contribution >= 4 is 29.8 Å². The molecule has 0 spiro atoms. The zero-order valence-corrected chi connectivity index (χ0v) is 20.9. The lowest BCUT2D eigenvalue weighted by Gasteiger charge is -2.28. The molecule has 1 heterocycles. The van der Waals surface area contributed by atoms with E-state index < -0.39 is 35.5 Å². The number of esters is 1. The normalized spacial score (nSPS) is 14.8. The maximum Gasteiger partial charge on any atom is 0.337 e. The van der Waals surface area contributed by atoms with Crippen LogP contribution in [0.4, 0.5) is 10.5 Å². The number of nitro benzene ring substituents is 1. The summed E-state index contributed by atoms with van der Waals surface area (Å²) in [5, 5.41) is 20.1. The SMILES string of the molecule is COC(=O)C1=C(C)NC(=O)N[C@@H]1c1ccc(OCC(=O)N/N=C\c2ccc(OC)c([N+](=O)[O-])c2)c(OC)c1. The van der Waals surface area contributed by atoms with Crippen molar-refractivity contribution in [2.75, 3.05) is 27.9 Å². The van der Waals surface area contributed by atoms with E-state index in [0.29, 0.717) is 16.8 Å². The van der Waals surface area contributed by atoms with Gasteiger partial charge in [0.25, 0.3) is 5.91 Å². The van der Waals surface area contributed by atoms with E-state index in [1.54, 1.807) is 19.1 Å². The molecule has 0 bridgehead atoms. The number of rotatable bonds is 10. The molecule has 2 aromatic carbocycles. The molecule has 2 aromatic rings. The average Bonchev–Trinajstić information content (AvgIpc) is 2.90. The summed E-state index contributed by atoms with van der Waals surface area (Å²) >= 11 is 0. The third-order valence-corrected chi connectivity index (χ3v) is 5.36. The second-order valence-corrected chi connectivity index (χ2v) is 7.74. The first kappa shape index (κ1) is 27.4. The molecule has 200 valence electrons. The average molecular weight is 527 g/mol. The Morgan fingerprint density at radius 2 is 1.82 bits per heavy atom. The third-order valence-electron chi connectivity index (χ3n) is 5.36. The van der Waals surface area contributed by atoms with Crippen LogP contribution in [-0.4, -0.2) is 57.0 Å². The summed E-state index contributed by atoms with van der Waals surface area (Å²) in [4.78, 5) is 47.0. The summed E-state index contributed by atoms with van der Waals surface area (Å²) in [6, 6.07) is 7.62. The van der Waals surface area contributed by atoms with E-state index in [-0.39, 0.29) is 28.5 Å². The highest BCUT2D eigenvalue weighted by molar-refractivity contribution is 5.95. The summed E-state index contributed by atoms with van der Waals surface area (Å²) in [6.45, 7) is 1.16. The molecule has 0 saturated carbocycles. The van der Waals surface area contributed by atoms with E-state index in [4.69, 9.17) is 18.9 Å². The number of nitrogens with one attached hydrogen (secondary N) is 3. The highest BCUT2D eigenvalue weighted by atomic mass is 16.6. The second-order valence-electron chi connectivity index (χ2n) is 7.74. The van der Waals surface area contributed by atoms with Gasteiger partial charge in [-0.15, -0.1) is 0 Å². The van der Waals surface area contributed by atoms with Crippen LogP contribution in [0.15, 0.2) is 52.8 Å². The van der Waals surface area contributed by atoms with Crippen molar-refractivity contribution in [1.82, 2.24) is 16.1 Å². The predicted octanol–water partition coefficient (Wildman–Crippen LogP) is 1.94. The summed E-state index contributed by atoms with van der Waals surface area (Å²) in [5.74, 6) is -0.645. The fourth-order valence-electron chi connectivity index (χ4n) is 3.59. The number of urea groups is 1. The van der Waals surface area contributed by atoms with Gasteiger partial charge in [-0.25, -0.2) is 15.0 Å². The van der Waals surface area contributed by atoms with Crippen LogP contribution in [0, 0.1) is 10.1 Å². The molecule has 3 amide bonds. The zero-order chi connectivity index (χ0) is 27.8. The number of ether oxygens (including phenoxy) is 4. The number of hydrogen-bond acceptors (Lipinski definition) is 10. The minimum atomic E-state index is -0.800. The molecule has 0 aliphatic carbocycles. The summed E-state index contributed by atoms with van der Waals surface area (Å²) in [6.07, 6.45) is 1.24.